The average molecular weight is 379 g/mol. The number of piperazine rings is 1. The zero-order chi connectivity index (χ0) is 19.5. The van der Waals surface area contributed by atoms with Gasteiger partial charge in [0.2, 0.25) is 0 Å². The minimum absolute atomic E-state index is 0.0452. The van der Waals surface area contributed by atoms with E-state index in [1.54, 1.807) is 23.3 Å². The Morgan fingerprint density at radius 2 is 1.89 bits per heavy atom. The SMILES string of the molecule is CN(C)c1ncnc2ccc(N3CCN(CCn4ccncc4=O)CC3)cc12. The fourth-order valence-corrected chi connectivity index (χ4v) is 3.62. The van der Waals surface area contributed by atoms with Gasteiger partial charge in [-0.2, -0.15) is 0 Å². The first-order valence-electron chi connectivity index (χ1n) is 9.51. The molecule has 0 bridgehead atoms. The van der Waals surface area contributed by atoms with Gasteiger partial charge in [0.05, 0.1) is 11.7 Å². The summed E-state index contributed by atoms with van der Waals surface area (Å²) in [6.45, 7) is 5.44. The number of hydrogen-bond acceptors (Lipinski definition) is 7. The fraction of sp³-hybridized carbons (Fsp3) is 0.400. The molecule has 28 heavy (non-hydrogen) atoms. The van der Waals surface area contributed by atoms with Crippen LogP contribution < -0.4 is 15.4 Å². The van der Waals surface area contributed by atoms with Crippen LogP contribution in [0.4, 0.5) is 11.5 Å². The molecule has 0 radical (unpaired) electrons. The summed E-state index contributed by atoms with van der Waals surface area (Å²) in [5, 5.41) is 1.07. The number of nitrogens with zero attached hydrogens (tertiary/aromatic N) is 7. The number of benzene rings is 1. The van der Waals surface area contributed by atoms with Gasteiger partial charge in [-0.15, -0.1) is 0 Å². The zero-order valence-corrected chi connectivity index (χ0v) is 16.3. The Morgan fingerprint density at radius 3 is 2.64 bits per heavy atom. The van der Waals surface area contributed by atoms with Gasteiger partial charge in [-0.25, -0.2) is 9.97 Å². The molecule has 1 fully saturated rings. The lowest BCUT2D eigenvalue weighted by Crippen LogP contribution is -2.47. The highest BCUT2D eigenvalue weighted by molar-refractivity contribution is 5.91. The summed E-state index contributed by atoms with van der Waals surface area (Å²) >= 11 is 0. The highest BCUT2D eigenvalue weighted by Crippen LogP contribution is 2.27. The van der Waals surface area contributed by atoms with Crippen molar-refractivity contribution in [1.29, 1.82) is 0 Å². The molecule has 8 heteroatoms. The topological polar surface area (TPSA) is 70.4 Å². The van der Waals surface area contributed by atoms with Crippen molar-refractivity contribution in [2.45, 2.75) is 6.54 Å². The predicted molar refractivity (Wildman–Crippen MR) is 111 cm³/mol. The van der Waals surface area contributed by atoms with Crippen molar-refractivity contribution in [3.05, 3.63) is 53.5 Å². The molecule has 3 aromatic rings. The molecule has 4 rings (SSSR count). The van der Waals surface area contributed by atoms with Gasteiger partial charge in [0.15, 0.2) is 0 Å². The van der Waals surface area contributed by atoms with Crippen LogP contribution in [0, 0.1) is 0 Å². The summed E-state index contributed by atoms with van der Waals surface area (Å²) in [4.78, 5) is 31.3. The van der Waals surface area contributed by atoms with E-state index in [0.717, 1.165) is 49.4 Å². The van der Waals surface area contributed by atoms with Gasteiger partial charge >= 0.3 is 0 Å². The van der Waals surface area contributed by atoms with Crippen molar-refractivity contribution in [2.24, 2.45) is 0 Å². The average Bonchev–Trinajstić information content (AvgIpc) is 2.72. The molecule has 8 nitrogen and oxygen atoms in total. The molecule has 0 atom stereocenters. The van der Waals surface area contributed by atoms with E-state index in [4.69, 9.17) is 0 Å². The van der Waals surface area contributed by atoms with Gasteiger partial charge in [-0.05, 0) is 18.2 Å². The lowest BCUT2D eigenvalue weighted by molar-refractivity contribution is 0.247. The Morgan fingerprint density at radius 1 is 1.07 bits per heavy atom. The minimum Gasteiger partial charge on any atom is -0.369 e. The van der Waals surface area contributed by atoms with Gasteiger partial charge in [-0.3, -0.25) is 14.7 Å². The Labute approximate surface area is 164 Å². The van der Waals surface area contributed by atoms with Crippen LogP contribution in [-0.4, -0.2) is 71.2 Å². The van der Waals surface area contributed by atoms with E-state index in [0.29, 0.717) is 6.54 Å². The van der Waals surface area contributed by atoms with Crippen LogP contribution in [0.3, 0.4) is 0 Å². The van der Waals surface area contributed by atoms with E-state index < -0.39 is 0 Å². The summed E-state index contributed by atoms with van der Waals surface area (Å²) in [5.74, 6) is 0.938. The lowest BCUT2D eigenvalue weighted by Gasteiger charge is -2.36. The summed E-state index contributed by atoms with van der Waals surface area (Å²) in [5.41, 5.74) is 2.12. The fourth-order valence-electron chi connectivity index (χ4n) is 3.62. The normalized spacial score (nSPS) is 15.1. The van der Waals surface area contributed by atoms with Crippen LogP contribution in [0.25, 0.3) is 10.9 Å². The second-order valence-corrected chi connectivity index (χ2v) is 7.23. The third kappa shape index (κ3) is 3.82. The predicted octanol–water partition coefficient (Wildman–Crippen LogP) is 1.07. The molecule has 0 unspecified atom stereocenters. The standard InChI is InChI=1S/C20H25N7O/c1-24(2)20-17-13-16(3-4-18(17)22-15-23-20)26-10-7-25(8-11-26)9-12-27-6-5-21-14-19(27)28/h3-6,13-15H,7-12H2,1-2H3. The molecule has 0 spiro atoms. The van der Waals surface area contributed by atoms with E-state index in [9.17, 15) is 4.79 Å². The molecule has 1 aliphatic heterocycles. The molecular formula is C20H25N7O. The molecule has 0 amide bonds. The van der Waals surface area contributed by atoms with Crippen LogP contribution >= 0.6 is 0 Å². The Bertz CT molecular complexity index is 1010. The number of rotatable bonds is 5. The number of hydrogen-bond donors (Lipinski definition) is 0. The third-order valence-corrected chi connectivity index (χ3v) is 5.22. The van der Waals surface area contributed by atoms with Crippen molar-refractivity contribution in [1.82, 2.24) is 24.4 Å². The largest absolute Gasteiger partial charge is 0.369 e. The highest BCUT2D eigenvalue weighted by Gasteiger charge is 2.18. The molecule has 0 N–H and O–H groups in total. The first-order valence-corrected chi connectivity index (χ1v) is 9.51. The van der Waals surface area contributed by atoms with Crippen LogP contribution in [0.5, 0.6) is 0 Å². The highest BCUT2D eigenvalue weighted by atomic mass is 16.1. The Hall–Kier alpha value is -3.00. The van der Waals surface area contributed by atoms with Gasteiger partial charge < -0.3 is 14.4 Å². The first kappa shape index (κ1) is 18.4. The molecule has 146 valence electrons. The van der Waals surface area contributed by atoms with Crippen molar-refractivity contribution >= 4 is 22.4 Å². The van der Waals surface area contributed by atoms with Crippen molar-refractivity contribution in [3.8, 4) is 0 Å². The molecule has 1 saturated heterocycles. The van der Waals surface area contributed by atoms with Crippen LogP contribution in [-0.2, 0) is 6.54 Å². The summed E-state index contributed by atoms with van der Waals surface area (Å²) in [6, 6.07) is 6.40. The van der Waals surface area contributed by atoms with Crippen LogP contribution in [0.1, 0.15) is 0 Å². The van der Waals surface area contributed by atoms with Crippen molar-refractivity contribution < 1.29 is 0 Å². The molecule has 0 saturated carbocycles. The number of anilines is 2. The van der Waals surface area contributed by atoms with E-state index in [-0.39, 0.29) is 5.56 Å². The maximum Gasteiger partial charge on any atom is 0.269 e. The van der Waals surface area contributed by atoms with E-state index in [1.807, 2.05) is 19.0 Å². The van der Waals surface area contributed by atoms with E-state index >= 15 is 0 Å². The smallest absolute Gasteiger partial charge is 0.269 e. The van der Waals surface area contributed by atoms with Crippen molar-refractivity contribution in [2.75, 3.05) is 56.6 Å². The number of fused-ring (bicyclic) bond motifs is 1. The zero-order valence-electron chi connectivity index (χ0n) is 16.3. The summed E-state index contributed by atoms with van der Waals surface area (Å²) in [7, 11) is 4.00. The van der Waals surface area contributed by atoms with Gasteiger partial charge in [0.25, 0.3) is 5.56 Å². The van der Waals surface area contributed by atoms with Crippen molar-refractivity contribution in [3.63, 3.8) is 0 Å². The van der Waals surface area contributed by atoms with Gasteiger partial charge in [0.1, 0.15) is 12.1 Å². The first-order chi connectivity index (χ1) is 13.6. The van der Waals surface area contributed by atoms with E-state index in [1.165, 1.54) is 11.9 Å². The molecule has 1 aromatic carbocycles. The summed E-state index contributed by atoms with van der Waals surface area (Å²) in [6.07, 6.45) is 6.39. The number of aromatic nitrogens is 4. The maximum absolute atomic E-state index is 11.8. The monoisotopic (exact) mass is 379 g/mol. The van der Waals surface area contributed by atoms with E-state index in [2.05, 4.69) is 43.0 Å². The molecule has 3 heterocycles. The molecule has 0 aliphatic carbocycles. The van der Waals surface area contributed by atoms with Crippen LogP contribution in [0.15, 0.2) is 47.9 Å². The Balaban J connectivity index is 1.41. The van der Waals surface area contributed by atoms with Crippen LogP contribution in [0.2, 0.25) is 0 Å². The molecular weight excluding hydrogens is 354 g/mol. The van der Waals surface area contributed by atoms with Gasteiger partial charge in [0, 0.05) is 76.8 Å². The third-order valence-electron chi connectivity index (χ3n) is 5.22. The minimum atomic E-state index is -0.0452. The second kappa shape index (κ2) is 7.93. The molecule has 2 aromatic heterocycles. The lowest BCUT2D eigenvalue weighted by atomic mass is 10.1. The quantitative estimate of drug-likeness (QED) is 0.657. The molecule has 1 aliphatic rings. The van der Waals surface area contributed by atoms with Gasteiger partial charge in [-0.1, -0.05) is 0 Å². The summed E-state index contributed by atoms with van der Waals surface area (Å²) < 4.78 is 1.71. The Kier molecular flexibility index (Phi) is 5.21. The maximum atomic E-state index is 11.8. The second-order valence-electron chi connectivity index (χ2n) is 7.23.